The van der Waals surface area contributed by atoms with Gasteiger partial charge < -0.3 is 14.5 Å². The minimum atomic E-state index is -0.429. The van der Waals surface area contributed by atoms with Crippen LogP contribution in [0.2, 0.25) is 0 Å². The Morgan fingerprint density at radius 3 is 2.52 bits per heavy atom. The molecule has 1 aliphatic heterocycles. The van der Waals surface area contributed by atoms with Crippen LogP contribution < -0.4 is 9.64 Å². The summed E-state index contributed by atoms with van der Waals surface area (Å²) in [6, 6.07) is 8.08. The smallest absolute Gasteiger partial charge is 0.233 e. The second kappa shape index (κ2) is 8.01. The van der Waals surface area contributed by atoms with Gasteiger partial charge in [-0.25, -0.2) is 4.98 Å². The van der Waals surface area contributed by atoms with Gasteiger partial charge in [-0.2, -0.15) is 0 Å². The van der Waals surface area contributed by atoms with Crippen molar-refractivity contribution in [1.29, 1.82) is 0 Å². The molecule has 1 amide bonds. The second-order valence-corrected chi connectivity index (χ2v) is 8.37. The molecule has 1 atom stereocenters. The Balaban J connectivity index is 1.66. The summed E-state index contributed by atoms with van der Waals surface area (Å²) in [6.45, 7) is 0.787. The average Bonchev–Trinajstić information content (AvgIpc) is 3.44. The predicted molar refractivity (Wildman–Crippen MR) is 113 cm³/mol. The van der Waals surface area contributed by atoms with E-state index in [0.29, 0.717) is 0 Å². The van der Waals surface area contributed by atoms with Crippen molar-refractivity contribution in [2.75, 3.05) is 32.6 Å². The van der Waals surface area contributed by atoms with Crippen LogP contribution in [0, 0.1) is 0 Å². The molecular weight excluding hydrogens is 364 g/mol. The fourth-order valence-corrected chi connectivity index (χ4v) is 4.85. The van der Waals surface area contributed by atoms with Gasteiger partial charge in [0.1, 0.15) is 11.6 Å². The monoisotopic (exact) mass is 394 g/mol. The Morgan fingerprint density at radius 2 is 1.86 bits per heavy atom. The molecular formula is C23H30N4O2. The molecule has 2 heterocycles. The van der Waals surface area contributed by atoms with Crippen LogP contribution >= 0.6 is 0 Å². The van der Waals surface area contributed by atoms with Crippen LogP contribution in [0.3, 0.4) is 0 Å². The predicted octanol–water partition coefficient (Wildman–Crippen LogP) is 3.73. The van der Waals surface area contributed by atoms with Gasteiger partial charge >= 0.3 is 0 Å². The van der Waals surface area contributed by atoms with Crippen LogP contribution in [0.15, 0.2) is 36.7 Å². The molecule has 0 bridgehead atoms. The SMILES string of the molecule is COc1ccc(C2(C(=O)N3CCC[C@H]3c3cncc(N(C)C)n3)CCCC2)cc1. The van der Waals surface area contributed by atoms with Crippen molar-refractivity contribution >= 4 is 11.7 Å². The number of carbonyl (C=O) groups is 1. The lowest BCUT2D eigenvalue weighted by Gasteiger charge is -2.36. The lowest BCUT2D eigenvalue weighted by molar-refractivity contribution is -0.138. The molecule has 2 fully saturated rings. The van der Waals surface area contributed by atoms with E-state index >= 15 is 0 Å². The van der Waals surface area contributed by atoms with Gasteiger partial charge in [0.15, 0.2) is 0 Å². The largest absolute Gasteiger partial charge is 0.497 e. The van der Waals surface area contributed by atoms with Crippen LogP contribution in [-0.4, -0.2) is 48.5 Å². The number of aromatic nitrogens is 2. The lowest BCUT2D eigenvalue weighted by Crippen LogP contribution is -2.45. The third kappa shape index (κ3) is 3.56. The summed E-state index contributed by atoms with van der Waals surface area (Å²) in [5, 5.41) is 0. The van der Waals surface area contributed by atoms with Gasteiger partial charge in [0.2, 0.25) is 5.91 Å². The van der Waals surface area contributed by atoms with E-state index in [-0.39, 0.29) is 11.9 Å². The molecule has 1 aromatic heterocycles. The van der Waals surface area contributed by atoms with Crippen molar-refractivity contribution in [3.05, 3.63) is 47.9 Å². The van der Waals surface area contributed by atoms with E-state index in [1.165, 1.54) is 0 Å². The summed E-state index contributed by atoms with van der Waals surface area (Å²) in [4.78, 5) is 27.1. The third-order valence-corrected chi connectivity index (χ3v) is 6.46. The first-order valence-electron chi connectivity index (χ1n) is 10.5. The second-order valence-electron chi connectivity index (χ2n) is 8.37. The zero-order chi connectivity index (χ0) is 20.4. The summed E-state index contributed by atoms with van der Waals surface area (Å²) < 4.78 is 5.32. The molecule has 1 saturated carbocycles. The number of hydrogen-bond donors (Lipinski definition) is 0. The Bertz CT molecular complexity index is 859. The van der Waals surface area contributed by atoms with Crippen LogP contribution in [-0.2, 0) is 10.2 Å². The molecule has 0 radical (unpaired) electrons. The van der Waals surface area contributed by atoms with Crippen molar-refractivity contribution in [1.82, 2.24) is 14.9 Å². The summed E-state index contributed by atoms with van der Waals surface area (Å²) in [7, 11) is 5.59. The molecule has 0 unspecified atom stereocenters. The molecule has 29 heavy (non-hydrogen) atoms. The van der Waals surface area contributed by atoms with Crippen LogP contribution in [0.5, 0.6) is 5.75 Å². The van der Waals surface area contributed by atoms with Crippen molar-refractivity contribution in [3.8, 4) is 5.75 Å². The number of methoxy groups -OCH3 is 1. The number of hydrogen-bond acceptors (Lipinski definition) is 5. The number of benzene rings is 1. The van der Waals surface area contributed by atoms with Crippen molar-refractivity contribution in [3.63, 3.8) is 0 Å². The maximum atomic E-state index is 14.0. The molecule has 4 rings (SSSR count). The number of carbonyl (C=O) groups excluding carboxylic acids is 1. The number of ether oxygens (including phenoxy) is 1. The fourth-order valence-electron chi connectivity index (χ4n) is 4.85. The van der Waals surface area contributed by atoms with E-state index < -0.39 is 5.41 Å². The number of likely N-dealkylation sites (tertiary alicyclic amines) is 1. The topological polar surface area (TPSA) is 58.6 Å². The quantitative estimate of drug-likeness (QED) is 0.773. The molecule has 154 valence electrons. The lowest BCUT2D eigenvalue weighted by atomic mass is 9.77. The van der Waals surface area contributed by atoms with Gasteiger partial charge in [-0.15, -0.1) is 0 Å². The first-order chi connectivity index (χ1) is 14.0. The highest BCUT2D eigenvalue weighted by Crippen LogP contribution is 2.45. The van der Waals surface area contributed by atoms with Crippen molar-refractivity contribution < 1.29 is 9.53 Å². The Morgan fingerprint density at radius 1 is 1.14 bits per heavy atom. The van der Waals surface area contributed by atoms with Gasteiger partial charge in [-0.3, -0.25) is 9.78 Å². The van der Waals surface area contributed by atoms with E-state index in [0.717, 1.165) is 67.9 Å². The zero-order valence-corrected chi connectivity index (χ0v) is 17.6. The summed E-state index contributed by atoms with van der Waals surface area (Å²) in [5.41, 5.74) is 1.58. The number of rotatable bonds is 5. The Hall–Kier alpha value is -2.63. The van der Waals surface area contributed by atoms with Crippen molar-refractivity contribution in [2.45, 2.75) is 50.0 Å². The van der Waals surface area contributed by atoms with Crippen LogP contribution in [0.1, 0.15) is 55.8 Å². The standard InChI is InChI=1S/C23H30N4O2/c1-26(2)21-16-24-15-19(25-21)20-7-6-14-27(20)22(28)23(12-4-5-13-23)17-8-10-18(29-3)11-9-17/h8-11,15-16,20H,4-7,12-14H2,1-3H3/t20-/m0/s1. The average molecular weight is 395 g/mol. The van der Waals surface area contributed by atoms with E-state index in [1.807, 2.05) is 37.3 Å². The van der Waals surface area contributed by atoms with Gasteiger partial charge in [0.05, 0.1) is 36.7 Å². The highest BCUT2D eigenvalue weighted by molar-refractivity contribution is 5.89. The first-order valence-corrected chi connectivity index (χ1v) is 10.5. The maximum Gasteiger partial charge on any atom is 0.233 e. The van der Waals surface area contributed by atoms with Gasteiger partial charge in [0.25, 0.3) is 0 Å². The molecule has 6 heteroatoms. The first kappa shape index (κ1) is 19.7. The summed E-state index contributed by atoms with van der Waals surface area (Å²) in [5.74, 6) is 1.90. The number of amides is 1. The Labute approximate surface area is 172 Å². The van der Waals surface area contributed by atoms with E-state index in [1.54, 1.807) is 13.3 Å². The molecule has 0 spiro atoms. The Kier molecular flexibility index (Phi) is 5.43. The van der Waals surface area contributed by atoms with Crippen LogP contribution in [0.4, 0.5) is 5.82 Å². The molecule has 2 aliphatic rings. The van der Waals surface area contributed by atoms with Crippen molar-refractivity contribution in [2.24, 2.45) is 0 Å². The van der Waals surface area contributed by atoms with E-state index in [4.69, 9.17) is 9.72 Å². The van der Waals surface area contributed by atoms with Crippen LogP contribution in [0.25, 0.3) is 0 Å². The molecule has 2 aromatic rings. The van der Waals surface area contributed by atoms with Gasteiger partial charge in [-0.05, 0) is 43.4 Å². The zero-order valence-electron chi connectivity index (χ0n) is 17.6. The number of nitrogens with zero attached hydrogens (tertiary/aromatic N) is 4. The van der Waals surface area contributed by atoms with E-state index in [2.05, 4.69) is 22.0 Å². The third-order valence-electron chi connectivity index (χ3n) is 6.46. The maximum absolute atomic E-state index is 14.0. The molecule has 0 N–H and O–H groups in total. The molecule has 1 saturated heterocycles. The number of anilines is 1. The minimum Gasteiger partial charge on any atom is -0.497 e. The minimum absolute atomic E-state index is 0.00521. The molecule has 6 nitrogen and oxygen atoms in total. The highest BCUT2D eigenvalue weighted by Gasteiger charge is 2.47. The normalized spacial score (nSPS) is 20.7. The van der Waals surface area contributed by atoms with E-state index in [9.17, 15) is 4.79 Å². The molecule has 1 aliphatic carbocycles. The molecule has 1 aromatic carbocycles. The van der Waals surface area contributed by atoms with Gasteiger partial charge in [-0.1, -0.05) is 25.0 Å². The highest BCUT2D eigenvalue weighted by atomic mass is 16.5. The fraction of sp³-hybridized carbons (Fsp3) is 0.522. The van der Waals surface area contributed by atoms with Gasteiger partial charge in [0, 0.05) is 20.6 Å². The summed E-state index contributed by atoms with van der Waals surface area (Å²) >= 11 is 0. The summed E-state index contributed by atoms with van der Waals surface area (Å²) in [6.07, 6.45) is 9.52.